The van der Waals surface area contributed by atoms with E-state index in [9.17, 15) is 18.5 Å². The highest BCUT2D eigenvalue weighted by Crippen LogP contribution is 2.48. The molecule has 2 saturated heterocycles. The Morgan fingerprint density at radius 3 is 2.36 bits per heavy atom. The number of nitrogens with one attached hydrogen (secondary N) is 1. The number of nitrogens with zero attached hydrogens (tertiary/aromatic N) is 6. The fourth-order valence-corrected chi connectivity index (χ4v) is 11.3. The van der Waals surface area contributed by atoms with Crippen LogP contribution in [0, 0.1) is 23.0 Å². The number of carbonyl (C=O) groups excluding carboxylic acids is 1. The number of carbonyl (C=O) groups is 1. The van der Waals surface area contributed by atoms with Gasteiger partial charge in [-0.05, 0) is 69.8 Å². The number of hydrogen-bond donors (Lipinski definition) is 1. The summed E-state index contributed by atoms with van der Waals surface area (Å²) >= 11 is 0.801. The number of sulfone groups is 1. The molecule has 7 rings (SSSR count). The van der Waals surface area contributed by atoms with Crippen LogP contribution in [0.2, 0.25) is 18.1 Å². The van der Waals surface area contributed by atoms with Crippen molar-refractivity contribution in [2.24, 2.45) is 0 Å². The molecule has 1 N–H and O–H groups in total. The maximum absolute atomic E-state index is 17.6. The predicted molar refractivity (Wildman–Crippen MR) is 222 cm³/mol. The lowest BCUT2D eigenvalue weighted by Gasteiger charge is -2.44. The number of anilines is 2. The van der Waals surface area contributed by atoms with E-state index >= 15 is 8.78 Å². The Balaban J connectivity index is 1.36. The number of ether oxygens (including phenoxy) is 2. The van der Waals surface area contributed by atoms with Crippen molar-refractivity contribution in [2.75, 3.05) is 35.6 Å². The summed E-state index contributed by atoms with van der Waals surface area (Å²) in [6.45, 7) is 22.0. The van der Waals surface area contributed by atoms with Gasteiger partial charge in [0.25, 0.3) is 0 Å². The van der Waals surface area contributed by atoms with Crippen LogP contribution >= 0.6 is 11.3 Å². The minimum atomic E-state index is -4.03. The van der Waals surface area contributed by atoms with E-state index in [-0.39, 0.29) is 79.6 Å². The number of benzene rings is 1. The molecule has 1 aromatic carbocycles. The molecule has 2 bridgehead atoms. The van der Waals surface area contributed by atoms with Crippen molar-refractivity contribution in [1.29, 1.82) is 5.26 Å². The minimum absolute atomic E-state index is 0.00509. The molecule has 13 nitrogen and oxygen atoms in total. The highest BCUT2D eigenvalue weighted by atomic mass is 32.2. The minimum Gasteiger partial charge on any atom is -0.444 e. The molecule has 3 aliphatic heterocycles. The second kappa shape index (κ2) is 15.0. The lowest BCUT2D eigenvalue weighted by molar-refractivity contribution is 0.0636. The van der Waals surface area contributed by atoms with E-state index in [1.165, 1.54) is 6.92 Å². The third-order valence-corrected chi connectivity index (χ3v) is 18.9. The summed E-state index contributed by atoms with van der Waals surface area (Å²) in [5.41, 5.74) is -0.371. The molecular formula is C40H51F2N7O6S2Si. The number of halogens is 2. The lowest BCUT2D eigenvalue weighted by Crippen LogP contribution is -2.56. The lowest BCUT2D eigenvalue weighted by atomic mass is 9.93. The summed E-state index contributed by atoms with van der Waals surface area (Å²) in [6, 6.07) is 1.98. The summed E-state index contributed by atoms with van der Waals surface area (Å²) in [4.78, 5) is 30.8. The van der Waals surface area contributed by atoms with Gasteiger partial charge in [-0.25, -0.2) is 32.0 Å². The quantitative estimate of drug-likeness (QED) is 0.127. The van der Waals surface area contributed by atoms with E-state index in [2.05, 4.69) is 65.9 Å². The zero-order chi connectivity index (χ0) is 42.3. The Kier molecular flexibility index (Phi) is 10.9. The van der Waals surface area contributed by atoms with E-state index in [0.29, 0.717) is 35.4 Å². The van der Waals surface area contributed by atoms with Crippen LogP contribution in [0.15, 0.2) is 11.4 Å². The second-order valence-corrected chi connectivity index (χ2v) is 25.9. The fraction of sp³-hybridized carbons (Fsp3) is 0.575. The van der Waals surface area contributed by atoms with Gasteiger partial charge in [0.05, 0.1) is 52.6 Å². The molecule has 18 heteroatoms. The van der Waals surface area contributed by atoms with Crippen molar-refractivity contribution >= 4 is 67.4 Å². The maximum atomic E-state index is 17.6. The first kappa shape index (κ1) is 42.3. The maximum Gasteiger partial charge on any atom is 0.412 e. The SMILES string of the molecule is CCS(=O)(=O)c1nc(N2C3CCC2CN(C[C@@H](C)O[Si](C)(C)C(C)(C)C)C3)c2c3c(c(-c4ncc(F)c5sc(NC(=O)OC(C)(C)C)c(C#N)c45)c(F)c2n1)COC3. The highest BCUT2D eigenvalue weighted by Gasteiger charge is 2.45. The number of hydrogen-bond acceptors (Lipinski definition) is 13. The summed E-state index contributed by atoms with van der Waals surface area (Å²) in [6.07, 6.45) is 1.78. The van der Waals surface area contributed by atoms with Crippen LogP contribution < -0.4 is 10.2 Å². The number of likely N-dealkylation sites (tertiary alicyclic amines) is 1. The second-order valence-electron chi connectivity index (χ2n) is 18.0. The van der Waals surface area contributed by atoms with Crippen LogP contribution in [-0.2, 0) is 37.0 Å². The van der Waals surface area contributed by atoms with Crippen LogP contribution in [0.3, 0.4) is 0 Å². The standard InChI is InChI=1S/C40H51F2N7O6S2Si/c1-11-57(51,52)37-45-33-30(35(46-37)49-22-12-13-23(49)18-48(17-22)16-21(2)55-58(9,10)40(6,7)8)26-20-53-19-25(26)28(31(33)42)32-29-24(14-43)36(47-38(50)54-39(3,4)5)56-34(29)27(41)15-44-32/h15,21-23H,11-13,16-20H2,1-10H3,(H,47,50)/t21-,22?,23?/m1/s1. The molecule has 3 aliphatic rings. The summed E-state index contributed by atoms with van der Waals surface area (Å²) in [5.74, 6) is -1.63. The highest BCUT2D eigenvalue weighted by molar-refractivity contribution is 7.91. The van der Waals surface area contributed by atoms with Gasteiger partial charge in [-0.2, -0.15) is 5.26 Å². The van der Waals surface area contributed by atoms with Crippen LogP contribution in [0.25, 0.3) is 32.2 Å². The number of rotatable bonds is 9. The molecule has 0 aliphatic carbocycles. The van der Waals surface area contributed by atoms with Crippen LogP contribution in [-0.4, -0.2) is 91.9 Å². The molecule has 1 amide bonds. The molecule has 3 aromatic heterocycles. The van der Waals surface area contributed by atoms with Gasteiger partial charge in [-0.1, -0.05) is 27.7 Å². The average molecular weight is 856 g/mol. The zero-order valence-electron chi connectivity index (χ0n) is 34.7. The first-order chi connectivity index (χ1) is 27.0. The number of piperazine rings is 1. The summed E-state index contributed by atoms with van der Waals surface area (Å²) < 4.78 is 78.3. The smallest absolute Gasteiger partial charge is 0.412 e. The molecule has 0 spiro atoms. The number of thiophene rings is 1. The first-order valence-corrected chi connectivity index (χ1v) is 25.0. The molecular weight excluding hydrogens is 805 g/mol. The van der Waals surface area contributed by atoms with Gasteiger partial charge >= 0.3 is 6.09 Å². The molecule has 0 saturated carbocycles. The topological polar surface area (TPSA) is 160 Å². The number of pyridine rings is 1. The third-order valence-electron chi connectivity index (χ3n) is 11.7. The van der Waals surface area contributed by atoms with Crippen molar-refractivity contribution in [3.63, 3.8) is 0 Å². The van der Waals surface area contributed by atoms with Gasteiger partial charge in [0.1, 0.15) is 28.0 Å². The van der Waals surface area contributed by atoms with Crippen molar-refractivity contribution in [2.45, 2.75) is 129 Å². The summed E-state index contributed by atoms with van der Waals surface area (Å²) in [7, 11) is -6.03. The van der Waals surface area contributed by atoms with Gasteiger partial charge in [-0.3, -0.25) is 15.2 Å². The number of amides is 1. The molecule has 2 fully saturated rings. The van der Waals surface area contributed by atoms with Crippen molar-refractivity contribution in [1.82, 2.24) is 19.9 Å². The number of nitriles is 1. The Labute approximate surface area is 343 Å². The molecule has 6 heterocycles. The first-order valence-electron chi connectivity index (χ1n) is 19.6. The monoisotopic (exact) mass is 855 g/mol. The van der Waals surface area contributed by atoms with Gasteiger partial charge in [0, 0.05) is 42.7 Å². The van der Waals surface area contributed by atoms with Crippen molar-refractivity contribution < 1.29 is 35.9 Å². The van der Waals surface area contributed by atoms with Gasteiger partial charge in [-0.15, -0.1) is 11.3 Å². The largest absolute Gasteiger partial charge is 0.444 e. The normalized spacial score (nSPS) is 19.5. The van der Waals surface area contributed by atoms with Crippen LogP contribution in [0.1, 0.15) is 84.9 Å². The summed E-state index contributed by atoms with van der Waals surface area (Å²) in [5, 5.41) is 12.9. The predicted octanol–water partition coefficient (Wildman–Crippen LogP) is 8.29. The van der Waals surface area contributed by atoms with E-state index in [1.807, 2.05) is 6.07 Å². The van der Waals surface area contributed by atoms with E-state index < -0.39 is 46.6 Å². The van der Waals surface area contributed by atoms with E-state index in [1.54, 1.807) is 20.8 Å². The van der Waals surface area contributed by atoms with Gasteiger partial charge in [0.15, 0.2) is 20.0 Å². The van der Waals surface area contributed by atoms with Crippen LogP contribution in [0.5, 0.6) is 0 Å². The Hall–Kier alpha value is -3.86. The molecule has 312 valence electrons. The fourth-order valence-electron chi connectivity index (χ4n) is 8.11. The Morgan fingerprint density at radius 1 is 1.10 bits per heavy atom. The van der Waals surface area contributed by atoms with Crippen molar-refractivity contribution in [3.05, 3.63) is 34.5 Å². The molecule has 4 aromatic rings. The Morgan fingerprint density at radius 2 is 1.76 bits per heavy atom. The molecule has 0 radical (unpaired) electrons. The van der Waals surface area contributed by atoms with Crippen molar-refractivity contribution in [3.8, 4) is 17.3 Å². The zero-order valence-corrected chi connectivity index (χ0v) is 37.3. The number of aromatic nitrogens is 3. The third kappa shape index (κ3) is 7.58. The van der Waals surface area contributed by atoms with Gasteiger partial charge in [0.2, 0.25) is 15.0 Å². The number of fused-ring (bicyclic) bond motifs is 6. The van der Waals surface area contributed by atoms with Gasteiger partial charge < -0.3 is 18.8 Å². The van der Waals surface area contributed by atoms with E-state index in [0.717, 1.165) is 36.9 Å². The average Bonchev–Trinajstić information content (AvgIpc) is 3.81. The Bertz CT molecular complexity index is 2460. The molecule has 58 heavy (non-hydrogen) atoms. The van der Waals surface area contributed by atoms with E-state index in [4.69, 9.17) is 18.9 Å². The molecule has 2 unspecified atom stereocenters. The molecule has 3 atom stereocenters. The van der Waals surface area contributed by atoms with Crippen LogP contribution in [0.4, 0.5) is 24.4 Å².